The van der Waals surface area contributed by atoms with E-state index in [0.717, 1.165) is 11.4 Å². The van der Waals surface area contributed by atoms with Crippen molar-refractivity contribution in [3.8, 4) is 11.6 Å². The summed E-state index contributed by atoms with van der Waals surface area (Å²) in [7, 11) is 0. The maximum absolute atomic E-state index is 12.8. The molecule has 29 heavy (non-hydrogen) atoms. The molecule has 3 heterocycles. The van der Waals surface area contributed by atoms with Crippen molar-refractivity contribution in [2.75, 3.05) is 23.4 Å². The lowest BCUT2D eigenvalue weighted by molar-refractivity contribution is -0.122. The average Bonchev–Trinajstić information content (AvgIpc) is 3.39. The van der Waals surface area contributed by atoms with E-state index in [9.17, 15) is 9.59 Å². The van der Waals surface area contributed by atoms with E-state index >= 15 is 0 Å². The number of nitrogens with zero attached hydrogens (tertiary/aromatic N) is 4. The van der Waals surface area contributed by atoms with Gasteiger partial charge < -0.3 is 15.0 Å². The number of hydrogen-bond donors (Lipinski definition) is 1. The van der Waals surface area contributed by atoms with Crippen molar-refractivity contribution in [2.45, 2.75) is 13.3 Å². The minimum absolute atomic E-state index is 0.0761. The number of ether oxygens (including phenoxy) is 1. The zero-order valence-electron chi connectivity index (χ0n) is 16.0. The molecule has 3 aromatic rings. The third-order valence-electron chi connectivity index (χ3n) is 4.72. The highest BCUT2D eigenvalue weighted by Crippen LogP contribution is 2.28. The van der Waals surface area contributed by atoms with Gasteiger partial charge in [-0.2, -0.15) is 5.10 Å². The van der Waals surface area contributed by atoms with Gasteiger partial charge in [-0.05, 0) is 49.4 Å². The van der Waals surface area contributed by atoms with Crippen molar-refractivity contribution in [3.63, 3.8) is 0 Å². The van der Waals surface area contributed by atoms with Crippen LogP contribution < -0.4 is 15.0 Å². The Morgan fingerprint density at radius 3 is 2.76 bits per heavy atom. The van der Waals surface area contributed by atoms with Gasteiger partial charge in [-0.1, -0.05) is 0 Å². The van der Waals surface area contributed by atoms with Gasteiger partial charge in [0.15, 0.2) is 5.82 Å². The van der Waals surface area contributed by atoms with Crippen LogP contribution in [-0.2, 0) is 9.59 Å². The van der Waals surface area contributed by atoms with Gasteiger partial charge in [-0.25, -0.2) is 9.67 Å². The first-order valence-electron chi connectivity index (χ1n) is 9.45. The molecule has 0 radical (unpaired) electrons. The van der Waals surface area contributed by atoms with E-state index in [1.165, 1.54) is 0 Å². The number of nitrogens with one attached hydrogen (secondary N) is 1. The molecule has 1 aliphatic rings. The summed E-state index contributed by atoms with van der Waals surface area (Å²) in [4.78, 5) is 31.3. The number of pyridine rings is 1. The second-order valence-electron chi connectivity index (χ2n) is 6.65. The fourth-order valence-electron chi connectivity index (χ4n) is 3.33. The van der Waals surface area contributed by atoms with Crippen molar-refractivity contribution < 1.29 is 14.3 Å². The van der Waals surface area contributed by atoms with E-state index in [-0.39, 0.29) is 18.2 Å². The quantitative estimate of drug-likeness (QED) is 0.698. The Labute approximate surface area is 168 Å². The Kier molecular flexibility index (Phi) is 5.24. The minimum Gasteiger partial charge on any atom is -0.494 e. The summed E-state index contributed by atoms with van der Waals surface area (Å²) in [6, 6.07) is 12.6. The standard InChI is InChI=1S/C21H21N5O3/c1-2-29-17-8-6-16(7-9-17)25-14-15(13-19(25)27)21(28)24-18-5-3-10-22-20(18)26-12-4-11-23-26/h3-12,15H,2,13-14H2,1H3,(H,24,28). The minimum atomic E-state index is -0.445. The van der Waals surface area contributed by atoms with Gasteiger partial charge in [0, 0.05) is 37.2 Å². The van der Waals surface area contributed by atoms with Gasteiger partial charge in [0.25, 0.3) is 0 Å². The van der Waals surface area contributed by atoms with Gasteiger partial charge in [0.2, 0.25) is 11.8 Å². The first kappa shape index (κ1) is 18.7. The molecule has 8 heteroatoms. The molecule has 1 fully saturated rings. The van der Waals surface area contributed by atoms with E-state index in [1.54, 1.807) is 46.4 Å². The Balaban J connectivity index is 1.46. The van der Waals surface area contributed by atoms with Crippen LogP contribution >= 0.6 is 0 Å². The first-order chi connectivity index (χ1) is 14.2. The molecule has 0 bridgehead atoms. The van der Waals surface area contributed by atoms with E-state index in [2.05, 4.69) is 15.4 Å². The molecular weight excluding hydrogens is 370 g/mol. The van der Waals surface area contributed by atoms with Crippen LogP contribution in [0.3, 0.4) is 0 Å². The van der Waals surface area contributed by atoms with E-state index in [0.29, 0.717) is 24.7 Å². The van der Waals surface area contributed by atoms with E-state index in [1.807, 2.05) is 31.2 Å². The monoisotopic (exact) mass is 391 g/mol. The summed E-state index contributed by atoms with van der Waals surface area (Å²) in [5.74, 6) is 0.541. The summed E-state index contributed by atoms with van der Waals surface area (Å²) < 4.78 is 7.02. The lowest BCUT2D eigenvalue weighted by Crippen LogP contribution is -2.28. The van der Waals surface area contributed by atoms with Gasteiger partial charge in [-0.15, -0.1) is 0 Å². The highest BCUT2D eigenvalue weighted by molar-refractivity contribution is 6.03. The number of carbonyl (C=O) groups is 2. The van der Waals surface area contributed by atoms with Crippen LogP contribution in [0.4, 0.5) is 11.4 Å². The van der Waals surface area contributed by atoms with Crippen LogP contribution in [0, 0.1) is 5.92 Å². The second kappa shape index (κ2) is 8.14. The SMILES string of the molecule is CCOc1ccc(N2CC(C(=O)Nc3cccnc3-n3cccn3)CC2=O)cc1. The molecule has 1 aromatic carbocycles. The fourth-order valence-corrected chi connectivity index (χ4v) is 3.33. The summed E-state index contributed by atoms with van der Waals surface area (Å²) in [5, 5.41) is 7.06. The van der Waals surface area contributed by atoms with Crippen molar-refractivity contribution >= 4 is 23.2 Å². The maximum Gasteiger partial charge on any atom is 0.229 e. The molecular formula is C21H21N5O3. The molecule has 2 aromatic heterocycles. The molecule has 8 nitrogen and oxygen atoms in total. The maximum atomic E-state index is 12.8. The molecule has 2 amide bonds. The van der Waals surface area contributed by atoms with Crippen molar-refractivity contribution in [1.29, 1.82) is 0 Å². The van der Waals surface area contributed by atoms with Gasteiger partial charge in [0.05, 0.1) is 18.2 Å². The largest absolute Gasteiger partial charge is 0.494 e. The number of carbonyl (C=O) groups excluding carboxylic acids is 2. The molecule has 0 spiro atoms. The number of rotatable bonds is 6. The van der Waals surface area contributed by atoms with Gasteiger partial charge in [-0.3, -0.25) is 9.59 Å². The molecule has 0 aliphatic carbocycles. The lowest BCUT2D eigenvalue weighted by Gasteiger charge is -2.17. The predicted molar refractivity (Wildman–Crippen MR) is 108 cm³/mol. The van der Waals surface area contributed by atoms with Crippen LogP contribution in [0.5, 0.6) is 5.75 Å². The third kappa shape index (κ3) is 3.96. The van der Waals surface area contributed by atoms with E-state index < -0.39 is 5.92 Å². The zero-order valence-corrected chi connectivity index (χ0v) is 16.0. The van der Waals surface area contributed by atoms with Crippen molar-refractivity contribution in [1.82, 2.24) is 14.8 Å². The summed E-state index contributed by atoms with van der Waals surface area (Å²) in [5.41, 5.74) is 1.31. The van der Waals surface area contributed by atoms with Crippen LogP contribution in [0.15, 0.2) is 61.1 Å². The van der Waals surface area contributed by atoms with Crippen LogP contribution in [0.2, 0.25) is 0 Å². The first-order valence-corrected chi connectivity index (χ1v) is 9.45. The number of benzene rings is 1. The van der Waals surface area contributed by atoms with Gasteiger partial charge in [0.1, 0.15) is 5.75 Å². The number of anilines is 2. The van der Waals surface area contributed by atoms with Crippen LogP contribution in [0.25, 0.3) is 5.82 Å². The molecule has 1 atom stereocenters. The summed E-state index contributed by atoms with van der Waals surface area (Å²) in [6.07, 6.45) is 5.20. The third-order valence-corrected chi connectivity index (χ3v) is 4.72. The van der Waals surface area contributed by atoms with Crippen LogP contribution in [-0.4, -0.2) is 39.7 Å². The Bertz CT molecular complexity index is 1000. The Hall–Kier alpha value is -3.68. The normalized spacial score (nSPS) is 16.1. The number of hydrogen-bond acceptors (Lipinski definition) is 5. The van der Waals surface area contributed by atoms with Crippen molar-refractivity contribution in [3.05, 3.63) is 61.1 Å². The molecule has 148 valence electrons. The highest BCUT2D eigenvalue weighted by atomic mass is 16.5. The zero-order chi connectivity index (χ0) is 20.2. The van der Waals surface area contributed by atoms with Crippen LogP contribution in [0.1, 0.15) is 13.3 Å². The molecule has 1 aliphatic heterocycles. The fraction of sp³-hybridized carbons (Fsp3) is 0.238. The lowest BCUT2D eigenvalue weighted by atomic mass is 10.1. The predicted octanol–water partition coefficient (Wildman–Crippen LogP) is 2.66. The summed E-state index contributed by atoms with van der Waals surface area (Å²) >= 11 is 0. The Morgan fingerprint density at radius 2 is 2.03 bits per heavy atom. The number of aromatic nitrogens is 3. The molecule has 4 rings (SSSR count). The molecule has 0 saturated carbocycles. The van der Waals surface area contributed by atoms with Crippen molar-refractivity contribution in [2.24, 2.45) is 5.92 Å². The average molecular weight is 391 g/mol. The number of amides is 2. The second-order valence-corrected chi connectivity index (χ2v) is 6.65. The molecule has 1 unspecified atom stereocenters. The van der Waals surface area contributed by atoms with E-state index in [4.69, 9.17) is 4.74 Å². The van der Waals surface area contributed by atoms with Gasteiger partial charge >= 0.3 is 0 Å². The molecule has 1 N–H and O–H groups in total. The smallest absolute Gasteiger partial charge is 0.229 e. The topological polar surface area (TPSA) is 89.3 Å². The molecule has 1 saturated heterocycles. The summed E-state index contributed by atoms with van der Waals surface area (Å²) in [6.45, 7) is 2.83. The Morgan fingerprint density at radius 1 is 1.21 bits per heavy atom. The highest BCUT2D eigenvalue weighted by Gasteiger charge is 2.35.